The lowest BCUT2D eigenvalue weighted by Gasteiger charge is -1.98. The number of aliphatic hydroxyl groups is 1. The molecule has 1 aromatic rings. The number of nitriles is 1. The Hall–Kier alpha value is -1.33. The minimum atomic E-state index is -0.985. The highest BCUT2D eigenvalue weighted by atomic mass is 16.3. The summed E-state index contributed by atoms with van der Waals surface area (Å²) in [5.41, 5.74) is 0.644. The van der Waals surface area contributed by atoms with Gasteiger partial charge in [-0.1, -0.05) is 30.3 Å². The van der Waals surface area contributed by atoms with Crippen LogP contribution in [0, 0.1) is 11.3 Å². The van der Waals surface area contributed by atoms with Crippen molar-refractivity contribution in [2.45, 2.75) is 6.10 Å². The highest BCUT2D eigenvalue weighted by Gasteiger charge is 2.01. The molecule has 2 nitrogen and oxygen atoms in total. The molecule has 0 radical (unpaired) electrons. The molecule has 10 heavy (non-hydrogen) atoms. The van der Waals surface area contributed by atoms with Crippen LogP contribution in [0.4, 0.5) is 0 Å². The molecule has 0 heterocycles. The van der Waals surface area contributed by atoms with Crippen LogP contribution in [0.1, 0.15) is 11.7 Å². The Morgan fingerprint density at radius 3 is 2.40 bits per heavy atom. The zero-order valence-electron chi connectivity index (χ0n) is 5.36. The maximum absolute atomic E-state index is 8.97. The Balaban J connectivity index is 2.88. The number of hydrogen-bond acceptors (Lipinski definition) is 2. The second-order valence-electron chi connectivity index (χ2n) is 1.94. The van der Waals surface area contributed by atoms with Gasteiger partial charge in [-0.3, -0.25) is 0 Å². The van der Waals surface area contributed by atoms with Gasteiger partial charge in [0, 0.05) is 0 Å². The highest BCUT2D eigenvalue weighted by Crippen LogP contribution is 2.09. The summed E-state index contributed by atoms with van der Waals surface area (Å²) in [6, 6.07) is 10.6. The third-order valence-corrected chi connectivity index (χ3v) is 1.24. The van der Waals surface area contributed by atoms with Crippen LogP contribution in [-0.4, -0.2) is 5.11 Å². The normalized spacial score (nSPS) is 12.0. The van der Waals surface area contributed by atoms with Crippen LogP contribution in [-0.2, 0) is 0 Å². The van der Waals surface area contributed by atoms with Crippen molar-refractivity contribution in [1.29, 1.82) is 5.26 Å². The van der Waals surface area contributed by atoms with Crippen molar-refractivity contribution in [2.75, 3.05) is 0 Å². The first-order chi connectivity index (χ1) is 4.84. The number of benzene rings is 1. The van der Waals surface area contributed by atoms with E-state index in [0.29, 0.717) is 5.56 Å². The molecule has 0 spiro atoms. The average molecular weight is 133 g/mol. The molecule has 0 amide bonds. The molecular formula is C8H7NO. The fourth-order valence-corrected chi connectivity index (χ4v) is 0.710. The van der Waals surface area contributed by atoms with E-state index in [-0.39, 0.29) is 0 Å². The van der Waals surface area contributed by atoms with Gasteiger partial charge in [0.05, 0.1) is 6.07 Å². The van der Waals surface area contributed by atoms with E-state index in [2.05, 4.69) is 0 Å². The second-order valence-corrected chi connectivity index (χ2v) is 1.94. The molecule has 2 heteroatoms. The summed E-state index contributed by atoms with van der Waals surface area (Å²) in [6.45, 7) is 0. The lowest BCUT2D eigenvalue weighted by atomic mass is 10.1. The van der Waals surface area contributed by atoms with Crippen LogP contribution in [0.2, 0.25) is 0 Å². The number of nitrogens with zero attached hydrogens (tertiary/aromatic N) is 1. The molecule has 0 aliphatic heterocycles. The first-order valence-electron chi connectivity index (χ1n) is 2.97. The van der Waals surface area contributed by atoms with E-state index in [0.717, 1.165) is 0 Å². The van der Waals surface area contributed by atoms with E-state index < -0.39 is 6.10 Å². The molecule has 0 aromatic heterocycles. The molecule has 0 aliphatic rings. The quantitative estimate of drug-likeness (QED) is 0.586. The molecule has 0 unspecified atom stereocenters. The zero-order chi connectivity index (χ0) is 7.40. The Morgan fingerprint density at radius 1 is 1.30 bits per heavy atom. The molecule has 1 aromatic carbocycles. The van der Waals surface area contributed by atoms with Gasteiger partial charge >= 0.3 is 0 Å². The minimum absolute atomic E-state index is 0.644. The van der Waals surface area contributed by atoms with E-state index in [4.69, 9.17) is 10.4 Å². The summed E-state index contributed by atoms with van der Waals surface area (Å²) < 4.78 is 0. The predicted octanol–water partition coefficient (Wildman–Crippen LogP) is 1.24. The molecule has 0 fully saturated rings. The summed E-state index contributed by atoms with van der Waals surface area (Å²) in [5, 5.41) is 17.3. The van der Waals surface area contributed by atoms with Crippen LogP contribution >= 0.6 is 0 Å². The molecular weight excluding hydrogens is 126 g/mol. The van der Waals surface area contributed by atoms with Crippen molar-refractivity contribution >= 4 is 0 Å². The Labute approximate surface area is 59.3 Å². The third kappa shape index (κ3) is 1.34. The lowest BCUT2D eigenvalue weighted by Crippen LogP contribution is -1.90. The minimum Gasteiger partial charge on any atom is -0.374 e. The molecule has 0 saturated heterocycles. The monoisotopic (exact) mass is 133 g/mol. The first kappa shape index (κ1) is 6.79. The topological polar surface area (TPSA) is 44.0 Å². The first-order valence-corrected chi connectivity index (χ1v) is 2.97. The van der Waals surface area contributed by atoms with Crippen LogP contribution in [0.15, 0.2) is 30.3 Å². The van der Waals surface area contributed by atoms with E-state index in [1.165, 1.54) is 0 Å². The van der Waals surface area contributed by atoms with Gasteiger partial charge < -0.3 is 5.11 Å². The van der Waals surface area contributed by atoms with Crippen LogP contribution < -0.4 is 0 Å². The summed E-state index contributed by atoms with van der Waals surface area (Å²) >= 11 is 0. The van der Waals surface area contributed by atoms with Crippen molar-refractivity contribution in [1.82, 2.24) is 0 Å². The number of aliphatic hydroxyl groups excluding tert-OH is 1. The fourth-order valence-electron chi connectivity index (χ4n) is 0.710. The third-order valence-electron chi connectivity index (χ3n) is 1.24. The summed E-state index contributed by atoms with van der Waals surface area (Å²) in [4.78, 5) is 0. The van der Waals surface area contributed by atoms with Crippen molar-refractivity contribution < 1.29 is 5.11 Å². The van der Waals surface area contributed by atoms with Gasteiger partial charge in [0.15, 0.2) is 6.10 Å². The number of rotatable bonds is 1. The molecule has 1 N–H and O–H groups in total. The summed E-state index contributed by atoms with van der Waals surface area (Å²) in [7, 11) is 0. The molecule has 0 saturated carbocycles. The molecule has 1 atom stereocenters. The van der Waals surface area contributed by atoms with E-state index in [9.17, 15) is 0 Å². The summed E-state index contributed by atoms with van der Waals surface area (Å²) in [5.74, 6) is 0. The van der Waals surface area contributed by atoms with Gasteiger partial charge in [-0.15, -0.1) is 0 Å². The Morgan fingerprint density at radius 2 is 1.90 bits per heavy atom. The molecule has 50 valence electrons. The SMILES string of the molecule is N#C[C@@H](O)c1ccccc1. The maximum atomic E-state index is 8.97. The Bertz CT molecular complexity index is 237. The average Bonchev–Trinajstić information content (AvgIpc) is 2.05. The Kier molecular flexibility index (Phi) is 2.03. The van der Waals surface area contributed by atoms with Crippen LogP contribution in [0.3, 0.4) is 0 Å². The second kappa shape index (κ2) is 3.00. The van der Waals surface area contributed by atoms with Crippen LogP contribution in [0.5, 0.6) is 0 Å². The van der Waals surface area contributed by atoms with Gasteiger partial charge in [-0.25, -0.2) is 0 Å². The maximum Gasteiger partial charge on any atom is 0.165 e. The van der Waals surface area contributed by atoms with Crippen molar-refractivity contribution in [2.24, 2.45) is 0 Å². The van der Waals surface area contributed by atoms with E-state index in [1.54, 1.807) is 30.3 Å². The van der Waals surface area contributed by atoms with Gasteiger partial charge in [0.25, 0.3) is 0 Å². The van der Waals surface area contributed by atoms with E-state index >= 15 is 0 Å². The van der Waals surface area contributed by atoms with E-state index in [1.807, 2.05) is 6.07 Å². The summed E-state index contributed by atoms with van der Waals surface area (Å²) in [6.07, 6.45) is -0.985. The molecule has 0 aliphatic carbocycles. The highest BCUT2D eigenvalue weighted by molar-refractivity contribution is 5.21. The number of hydrogen-bond donors (Lipinski definition) is 1. The van der Waals surface area contributed by atoms with Crippen molar-refractivity contribution in [3.63, 3.8) is 0 Å². The van der Waals surface area contributed by atoms with Crippen molar-refractivity contribution in [3.8, 4) is 6.07 Å². The molecule has 1 rings (SSSR count). The zero-order valence-corrected chi connectivity index (χ0v) is 5.36. The fraction of sp³-hybridized carbons (Fsp3) is 0.125. The van der Waals surface area contributed by atoms with Gasteiger partial charge in [-0.2, -0.15) is 5.26 Å². The van der Waals surface area contributed by atoms with Crippen LogP contribution in [0.25, 0.3) is 0 Å². The lowest BCUT2D eigenvalue weighted by molar-refractivity contribution is 0.236. The smallest absolute Gasteiger partial charge is 0.165 e. The standard InChI is InChI=1S/C8H7NO/c9-6-8(10)7-4-2-1-3-5-7/h1-5,8,10H/t8-/m1/s1. The van der Waals surface area contributed by atoms with Gasteiger partial charge in [0.2, 0.25) is 0 Å². The molecule has 0 bridgehead atoms. The predicted molar refractivity (Wildman–Crippen MR) is 37.0 cm³/mol. The van der Waals surface area contributed by atoms with Crippen molar-refractivity contribution in [3.05, 3.63) is 35.9 Å². The van der Waals surface area contributed by atoms with Gasteiger partial charge in [-0.05, 0) is 5.56 Å². The van der Waals surface area contributed by atoms with Gasteiger partial charge in [0.1, 0.15) is 0 Å². The largest absolute Gasteiger partial charge is 0.374 e.